The number of nitrogens with one attached hydrogen (secondary N) is 1. The quantitative estimate of drug-likeness (QED) is 0.807. The highest BCUT2D eigenvalue weighted by molar-refractivity contribution is 5.76. The van der Waals surface area contributed by atoms with Gasteiger partial charge in [0, 0.05) is 12.0 Å². The molecule has 2 rings (SSSR count). The van der Waals surface area contributed by atoms with Crippen LogP contribution in [0.2, 0.25) is 0 Å². The second kappa shape index (κ2) is 6.55. The van der Waals surface area contributed by atoms with Gasteiger partial charge in [0.2, 0.25) is 5.91 Å². The Hall–Kier alpha value is -0.570. The molecule has 1 amide bonds. The lowest BCUT2D eigenvalue weighted by atomic mass is 9.81. The summed E-state index contributed by atoms with van der Waals surface area (Å²) in [5, 5.41) is 3.72. The first-order valence-corrected chi connectivity index (χ1v) is 7.68. The van der Waals surface area contributed by atoms with E-state index in [9.17, 15) is 4.79 Å². The molecule has 3 nitrogen and oxygen atoms in total. The van der Waals surface area contributed by atoms with Crippen molar-refractivity contribution in [2.45, 2.75) is 64.3 Å². The smallest absolute Gasteiger partial charge is 0.220 e. The summed E-state index contributed by atoms with van der Waals surface area (Å²) in [6, 6.07) is 0.623. The topological polar surface area (TPSA) is 55.1 Å². The molecule has 0 aromatic carbocycles. The molecule has 2 saturated carbocycles. The van der Waals surface area contributed by atoms with E-state index in [4.69, 9.17) is 5.73 Å². The Balaban J connectivity index is 1.64. The third-order valence-electron chi connectivity index (χ3n) is 4.87. The summed E-state index contributed by atoms with van der Waals surface area (Å²) in [6.45, 7) is 3.56. The highest BCUT2D eigenvalue weighted by Gasteiger charge is 2.25. The molecule has 3 heteroatoms. The average Bonchev–Trinajstić information content (AvgIpc) is 2.37. The number of amides is 1. The van der Waals surface area contributed by atoms with Gasteiger partial charge >= 0.3 is 0 Å². The number of nitrogens with two attached hydrogens (primary N) is 1. The molecule has 104 valence electrons. The van der Waals surface area contributed by atoms with E-state index in [1.165, 1.54) is 32.2 Å². The molecule has 0 radical (unpaired) electrons. The van der Waals surface area contributed by atoms with Crippen LogP contribution in [0.4, 0.5) is 0 Å². The standard InChI is InChI=1S/C15H28N2O/c1-11-3-2-4-12(9-11)10-17-14-7-5-13(6-8-14)15(16)18/h11-14,17H,2-10H2,1H3,(H2,16,18). The maximum absolute atomic E-state index is 11.1. The van der Waals surface area contributed by atoms with Crippen LogP contribution in [0.25, 0.3) is 0 Å². The highest BCUT2D eigenvalue weighted by atomic mass is 16.1. The average molecular weight is 252 g/mol. The van der Waals surface area contributed by atoms with E-state index in [2.05, 4.69) is 12.2 Å². The summed E-state index contributed by atoms with van der Waals surface area (Å²) in [5.74, 6) is 1.83. The lowest BCUT2D eigenvalue weighted by Gasteiger charge is -2.31. The Morgan fingerprint density at radius 3 is 2.50 bits per heavy atom. The lowest BCUT2D eigenvalue weighted by Crippen LogP contribution is -2.39. The summed E-state index contributed by atoms with van der Waals surface area (Å²) in [7, 11) is 0. The molecule has 3 N–H and O–H groups in total. The zero-order valence-corrected chi connectivity index (χ0v) is 11.7. The van der Waals surface area contributed by atoms with Gasteiger partial charge in [-0.15, -0.1) is 0 Å². The van der Waals surface area contributed by atoms with Gasteiger partial charge < -0.3 is 11.1 Å². The van der Waals surface area contributed by atoms with Crippen molar-refractivity contribution in [1.29, 1.82) is 0 Å². The van der Waals surface area contributed by atoms with Gasteiger partial charge in [-0.25, -0.2) is 0 Å². The van der Waals surface area contributed by atoms with Crippen molar-refractivity contribution in [2.24, 2.45) is 23.5 Å². The first-order chi connectivity index (χ1) is 8.65. The fraction of sp³-hybridized carbons (Fsp3) is 0.933. The van der Waals surface area contributed by atoms with Crippen LogP contribution >= 0.6 is 0 Å². The van der Waals surface area contributed by atoms with Gasteiger partial charge in [0.25, 0.3) is 0 Å². The van der Waals surface area contributed by atoms with E-state index in [0.717, 1.165) is 37.5 Å². The summed E-state index contributed by atoms with van der Waals surface area (Å²) in [6.07, 6.45) is 9.81. The van der Waals surface area contributed by atoms with Crippen LogP contribution in [0.3, 0.4) is 0 Å². The molecule has 18 heavy (non-hydrogen) atoms. The van der Waals surface area contributed by atoms with E-state index < -0.39 is 0 Å². The largest absolute Gasteiger partial charge is 0.369 e. The number of primary amides is 1. The molecular formula is C15H28N2O. The van der Waals surface area contributed by atoms with Crippen LogP contribution < -0.4 is 11.1 Å². The first-order valence-electron chi connectivity index (χ1n) is 7.68. The number of carbonyl (C=O) groups is 1. The maximum atomic E-state index is 11.1. The van der Waals surface area contributed by atoms with E-state index in [1.807, 2.05) is 0 Å². The van der Waals surface area contributed by atoms with E-state index in [-0.39, 0.29) is 11.8 Å². The normalized spacial score (nSPS) is 37.4. The molecule has 0 heterocycles. The molecule has 2 atom stereocenters. The number of hydrogen-bond acceptors (Lipinski definition) is 2. The van der Waals surface area contributed by atoms with Crippen LogP contribution in [0, 0.1) is 17.8 Å². The van der Waals surface area contributed by atoms with Crippen LogP contribution in [0.15, 0.2) is 0 Å². The summed E-state index contributed by atoms with van der Waals surface area (Å²) >= 11 is 0. The van der Waals surface area contributed by atoms with Gasteiger partial charge in [-0.2, -0.15) is 0 Å². The van der Waals surface area contributed by atoms with Crippen molar-refractivity contribution in [3.05, 3.63) is 0 Å². The monoisotopic (exact) mass is 252 g/mol. The zero-order valence-electron chi connectivity index (χ0n) is 11.7. The fourth-order valence-electron chi connectivity index (χ4n) is 3.66. The minimum atomic E-state index is -0.102. The molecular weight excluding hydrogens is 224 g/mol. The van der Waals surface area contributed by atoms with E-state index in [0.29, 0.717) is 6.04 Å². The minimum absolute atomic E-state index is 0.102. The maximum Gasteiger partial charge on any atom is 0.220 e. The lowest BCUT2D eigenvalue weighted by molar-refractivity contribution is -0.122. The van der Waals surface area contributed by atoms with Crippen molar-refractivity contribution < 1.29 is 4.79 Å². The SMILES string of the molecule is CC1CCCC(CNC2CCC(C(N)=O)CC2)C1. The van der Waals surface area contributed by atoms with Crippen LogP contribution in [-0.4, -0.2) is 18.5 Å². The number of carbonyl (C=O) groups excluding carboxylic acids is 1. The van der Waals surface area contributed by atoms with Crippen molar-refractivity contribution in [3.63, 3.8) is 0 Å². The molecule has 0 aromatic rings. The van der Waals surface area contributed by atoms with Crippen molar-refractivity contribution in [2.75, 3.05) is 6.54 Å². The Morgan fingerprint density at radius 1 is 1.17 bits per heavy atom. The third-order valence-corrected chi connectivity index (χ3v) is 4.87. The van der Waals surface area contributed by atoms with Gasteiger partial charge in [-0.1, -0.05) is 19.8 Å². The van der Waals surface area contributed by atoms with Gasteiger partial charge in [0.15, 0.2) is 0 Å². The summed E-state index contributed by atoms with van der Waals surface area (Å²) in [4.78, 5) is 11.1. The molecule has 0 bridgehead atoms. The van der Waals surface area contributed by atoms with Crippen molar-refractivity contribution in [1.82, 2.24) is 5.32 Å². The van der Waals surface area contributed by atoms with Crippen LogP contribution in [0.1, 0.15) is 58.3 Å². The molecule has 2 unspecified atom stereocenters. The van der Waals surface area contributed by atoms with Gasteiger partial charge in [-0.3, -0.25) is 4.79 Å². The molecule has 0 aliphatic heterocycles. The van der Waals surface area contributed by atoms with Gasteiger partial charge in [0.1, 0.15) is 0 Å². The molecule has 0 spiro atoms. The second-order valence-corrected chi connectivity index (χ2v) is 6.50. The minimum Gasteiger partial charge on any atom is -0.369 e. The van der Waals surface area contributed by atoms with E-state index in [1.54, 1.807) is 0 Å². The Labute approximate surface area is 111 Å². The van der Waals surface area contributed by atoms with E-state index >= 15 is 0 Å². The number of rotatable bonds is 4. The van der Waals surface area contributed by atoms with Crippen LogP contribution in [-0.2, 0) is 4.79 Å². The second-order valence-electron chi connectivity index (χ2n) is 6.50. The molecule has 2 fully saturated rings. The van der Waals surface area contributed by atoms with Crippen LogP contribution in [0.5, 0.6) is 0 Å². The Bertz CT molecular complexity index is 272. The molecule has 2 aliphatic rings. The highest BCUT2D eigenvalue weighted by Crippen LogP contribution is 2.29. The molecule has 0 aromatic heterocycles. The number of hydrogen-bond donors (Lipinski definition) is 2. The van der Waals surface area contributed by atoms with Crippen molar-refractivity contribution >= 4 is 5.91 Å². The third kappa shape index (κ3) is 3.98. The molecule has 2 aliphatic carbocycles. The summed E-state index contributed by atoms with van der Waals surface area (Å²) in [5.41, 5.74) is 5.36. The Morgan fingerprint density at radius 2 is 1.89 bits per heavy atom. The predicted molar refractivity (Wildman–Crippen MR) is 74.1 cm³/mol. The Kier molecular flexibility index (Phi) is 5.04. The fourth-order valence-corrected chi connectivity index (χ4v) is 3.66. The van der Waals surface area contributed by atoms with Crippen molar-refractivity contribution in [3.8, 4) is 0 Å². The molecule has 0 saturated heterocycles. The summed E-state index contributed by atoms with van der Waals surface area (Å²) < 4.78 is 0. The predicted octanol–water partition coefficient (Wildman–Crippen LogP) is 2.45. The van der Waals surface area contributed by atoms with Gasteiger partial charge in [0.05, 0.1) is 0 Å². The zero-order chi connectivity index (χ0) is 13.0. The first kappa shape index (κ1) is 13.9. The van der Waals surface area contributed by atoms with Gasteiger partial charge in [-0.05, 0) is 56.9 Å².